The number of nitrogens with zero attached hydrogens (tertiary/aromatic N) is 4. The van der Waals surface area contributed by atoms with E-state index in [0.717, 1.165) is 18.8 Å². The van der Waals surface area contributed by atoms with Crippen molar-refractivity contribution < 1.29 is 0 Å². The first-order valence-corrected chi connectivity index (χ1v) is 6.48. The van der Waals surface area contributed by atoms with Crippen LogP contribution in [0.5, 0.6) is 0 Å². The van der Waals surface area contributed by atoms with Crippen LogP contribution < -0.4 is 5.32 Å². The number of hydrogen-bond donors (Lipinski definition) is 1. The summed E-state index contributed by atoms with van der Waals surface area (Å²) in [7, 11) is 0. The number of hydrogen-bond acceptors (Lipinski definition) is 4. The lowest BCUT2D eigenvalue weighted by atomic mass is 9.93. The van der Waals surface area contributed by atoms with Gasteiger partial charge in [-0.3, -0.25) is 0 Å². The Kier molecular flexibility index (Phi) is 3.06. The van der Waals surface area contributed by atoms with Crippen molar-refractivity contribution in [1.29, 1.82) is 0 Å². The Morgan fingerprint density at radius 1 is 1.50 bits per heavy atom. The third kappa shape index (κ3) is 1.90. The van der Waals surface area contributed by atoms with Crippen molar-refractivity contribution in [3.05, 3.63) is 35.8 Å². The van der Waals surface area contributed by atoms with E-state index in [4.69, 9.17) is 0 Å². The van der Waals surface area contributed by atoms with E-state index in [1.807, 2.05) is 23.0 Å². The molecule has 2 heterocycles. The van der Waals surface area contributed by atoms with Gasteiger partial charge in [-0.15, -0.1) is 5.10 Å². The van der Waals surface area contributed by atoms with Gasteiger partial charge in [0.15, 0.2) is 5.82 Å². The minimum Gasteiger partial charge on any atom is -0.310 e. The second-order valence-electron chi connectivity index (χ2n) is 4.54. The van der Waals surface area contributed by atoms with Gasteiger partial charge in [-0.2, -0.15) is 10.2 Å². The summed E-state index contributed by atoms with van der Waals surface area (Å²) >= 11 is 0. The summed E-state index contributed by atoms with van der Waals surface area (Å²) in [6.07, 6.45) is 7.09. The van der Waals surface area contributed by atoms with Crippen molar-refractivity contribution in [3.8, 4) is 5.82 Å². The zero-order valence-corrected chi connectivity index (χ0v) is 10.5. The standard InChI is InChI=1S/C13H17N5/c1-2-14-11-5-3-6-12-10(11)9-16-18(12)13-7-4-8-15-17-13/h4,7-9,11,14H,2-3,5-6H2,1H3. The van der Waals surface area contributed by atoms with E-state index >= 15 is 0 Å². The van der Waals surface area contributed by atoms with E-state index in [0.29, 0.717) is 6.04 Å². The van der Waals surface area contributed by atoms with Crippen LogP contribution in [0, 0.1) is 0 Å². The maximum absolute atomic E-state index is 4.47. The van der Waals surface area contributed by atoms with E-state index < -0.39 is 0 Å². The smallest absolute Gasteiger partial charge is 0.175 e. The molecule has 0 spiro atoms. The Balaban J connectivity index is 2.00. The molecule has 94 valence electrons. The molecule has 1 aliphatic rings. The molecule has 0 radical (unpaired) electrons. The van der Waals surface area contributed by atoms with Crippen LogP contribution in [0.3, 0.4) is 0 Å². The average molecular weight is 243 g/mol. The second kappa shape index (κ2) is 4.86. The van der Waals surface area contributed by atoms with Crippen LogP contribution in [0.1, 0.15) is 37.1 Å². The lowest BCUT2D eigenvalue weighted by Crippen LogP contribution is -2.25. The molecule has 0 amide bonds. The lowest BCUT2D eigenvalue weighted by Gasteiger charge is -2.23. The predicted octanol–water partition coefficient (Wildman–Crippen LogP) is 1.65. The van der Waals surface area contributed by atoms with Crippen LogP contribution in [-0.4, -0.2) is 26.5 Å². The van der Waals surface area contributed by atoms with Crippen LogP contribution in [0.4, 0.5) is 0 Å². The first kappa shape index (κ1) is 11.3. The zero-order chi connectivity index (χ0) is 12.4. The first-order valence-electron chi connectivity index (χ1n) is 6.48. The molecule has 2 aromatic heterocycles. The van der Waals surface area contributed by atoms with Gasteiger partial charge in [0.2, 0.25) is 0 Å². The molecule has 1 atom stereocenters. The number of rotatable bonds is 3. The Labute approximate surface area is 106 Å². The Bertz CT molecular complexity index is 519. The number of aromatic nitrogens is 4. The minimum absolute atomic E-state index is 0.434. The Morgan fingerprint density at radius 2 is 2.44 bits per heavy atom. The van der Waals surface area contributed by atoms with Crippen molar-refractivity contribution in [2.75, 3.05) is 6.54 Å². The van der Waals surface area contributed by atoms with Crippen LogP contribution in [0.2, 0.25) is 0 Å². The third-order valence-electron chi connectivity index (χ3n) is 3.41. The van der Waals surface area contributed by atoms with Crippen molar-refractivity contribution in [2.24, 2.45) is 0 Å². The summed E-state index contributed by atoms with van der Waals surface area (Å²) in [6.45, 7) is 3.13. The van der Waals surface area contributed by atoms with Crippen molar-refractivity contribution in [1.82, 2.24) is 25.3 Å². The largest absolute Gasteiger partial charge is 0.310 e. The maximum Gasteiger partial charge on any atom is 0.175 e. The number of fused-ring (bicyclic) bond motifs is 1. The molecule has 3 rings (SSSR count). The normalized spacial score (nSPS) is 18.6. The molecule has 1 aliphatic carbocycles. The minimum atomic E-state index is 0.434. The van der Waals surface area contributed by atoms with Gasteiger partial charge in [0.1, 0.15) is 0 Å². The SMILES string of the molecule is CCNC1CCCc2c1cnn2-c1cccnn1. The highest BCUT2D eigenvalue weighted by atomic mass is 15.3. The quantitative estimate of drug-likeness (QED) is 0.890. The summed E-state index contributed by atoms with van der Waals surface area (Å²) in [5, 5.41) is 16.0. The molecular weight excluding hydrogens is 226 g/mol. The highest BCUT2D eigenvalue weighted by molar-refractivity contribution is 5.31. The number of nitrogens with one attached hydrogen (secondary N) is 1. The van der Waals surface area contributed by atoms with Crippen LogP contribution in [0.15, 0.2) is 24.5 Å². The lowest BCUT2D eigenvalue weighted by molar-refractivity contribution is 0.466. The molecule has 0 bridgehead atoms. The molecule has 18 heavy (non-hydrogen) atoms. The molecule has 2 aromatic rings. The third-order valence-corrected chi connectivity index (χ3v) is 3.41. The molecule has 5 nitrogen and oxygen atoms in total. The highest BCUT2D eigenvalue weighted by Crippen LogP contribution is 2.30. The molecule has 0 saturated carbocycles. The highest BCUT2D eigenvalue weighted by Gasteiger charge is 2.24. The zero-order valence-electron chi connectivity index (χ0n) is 10.5. The van der Waals surface area contributed by atoms with Gasteiger partial charge in [0.05, 0.1) is 11.9 Å². The van der Waals surface area contributed by atoms with E-state index in [9.17, 15) is 0 Å². The monoisotopic (exact) mass is 243 g/mol. The predicted molar refractivity (Wildman–Crippen MR) is 68.5 cm³/mol. The molecule has 0 aromatic carbocycles. The van der Waals surface area contributed by atoms with Gasteiger partial charge in [0, 0.05) is 17.8 Å². The van der Waals surface area contributed by atoms with Crippen LogP contribution >= 0.6 is 0 Å². The fourth-order valence-corrected chi connectivity index (χ4v) is 2.62. The molecule has 5 heteroatoms. The van der Waals surface area contributed by atoms with Gasteiger partial charge >= 0.3 is 0 Å². The molecule has 0 saturated heterocycles. The van der Waals surface area contributed by atoms with Crippen molar-refractivity contribution >= 4 is 0 Å². The average Bonchev–Trinajstić information content (AvgIpc) is 2.85. The Morgan fingerprint density at radius 3 is 3.22 bits per heavy atom. The van der Waals surface area contributed by atoms with Crippen molar-refractivity contribution in [3.63, 3.8) is 0 Å². The molecule has 0 aliphatic heterocycles. The molecule has 1 N–H and O–H groups in total. The van der Waals surface area contributed by atoms with Gasteiger partial charge in [-0.25, -0.2) is 4.68 Å². The molecular formula is C13H17N5. The van der Waals surface area contributed by atoms with Crippen LogP contribution in [-0.2, 0) is 6.42 Å². The van der Waals surface area contributed by atoms with E-state index in [2.05, 4.69) is 27.5 Å². The summed E-state index contributed by atoms with van der Waals surface area (Å²) in [4.78, 5) is 0. The first-order chi connectivity index (χ1) is 8.90. The fraction of sp³-hybridized carbons (Fsp3) is 0.462. The topological polar surface area (TPSA) is 55.6 Å². The molecule has 0 fully saturated rings. The van der Waals surface area contributed by atoms with Crippen molar-refractivity contribution in [2.45, 2.75) is 32.2 Å². The second-order valence-corrected chi connectivity index (χ2v) is 4.54. The van der Waals surface area contributed by atoms with Gasteiger partial charge in [0.25, 0.3) is 0 Å². The summed E-state index contributed by atoms with van der Waals surface area (Å²) in [5.41, 5.74) is 2.58. The van der Waals surface area contributed by atoms with E-state index in [1.165, 1.54) is 24.1 Å². The fourth-order valence-electron chi connectivity index (χ4n) is 2.62. The van der Waals surface area contributed by atoms with Gasteiger partial charge < -0.3 is 5.32 Å². The summed E-state index contributed by atoms with van der Waals surface area (Å²) in [5.74, 6) is 0.802. The van der Waals surface area contributed by atoms with E-state index in [1.54, 1.807) is 6.20 Å². The summed E-state index contributed by atoms with van der Waals surface area (Å²) < 4.78 is 1.92. The summed E-state index contributed by atoms with van der Waals surface area (Å²) in [6, 6.07) is 4.27. The van der Waals surface area contributed by atoms with Gasteiger partial charge in [-0.05, 0) is 37.9 Å². The van der Waals surface area contributed by atoms with Crippen LogP contribution in [0.25, 0.3) is 5.82 Å². The Hall–Kier alpha value is -1.75. The maximum atomic E-state index is 4.47. The molecule has 1 unspecified atom stereocenters. The van der Waals surface area contributed by atoms with E-state index in [-0.39, 0.29) is 0 Å². The van der Waals surface area contributed by atoms with Gasteiger partial charge in [-0.1, -0.05) is 6.92 Å².